The van der Waals surface area contributed by atoms with Gasteiger partial charge in [-0.15, -0.1) is 10.2 Å². The molecule has 7 heteroatoms. The van der Waals surface area contributed by atoms with E-state index in [2.05, 4.69) is 5.73 Å². The van der Waals surface area contributed by atoms with E-state index in [1.165, 1.54) is 0 Å². The van der Waals surface area contributed by atoms with Crippen molar-refractivity contribution in [2.45, 2.75) is 6.92 Å². The molecule has 15 heavy (non-hydrogen) atoms. The lowest BCUT2D eigenvalue weighted by Gasteiger charge is -2.17. The molecule has 0 atom stereocenters. The van der Waals surface area contributed by atoms with Gasteiger partial charge >= 0.3 is 0 Å². The van der Waals surface area contributed by atoms with Gasteiger partial charge in [0.15, 0.2) is 0 Å². The minimum Gasteiger partial charge on any atom is -0.494 e. The second-order valence-electron chi connectivity index (χ2n) is 2.45. The maximum absolute atomic E-state index is 8.49. The second kappa shape index (κ2) is 6.57. The normalized spacial score (nSPS) is 10.3. The molecule has 0 aliphatic rings. The number of hydrogen-bond donors (Lipinski definition) is 1. The van der Waals surface area contributed by atoms with Crippen molar-refractivity contribution in [3.8, 4) is 5.75 Å². The fraction of sp³-hybridized carbons (Fsp3) is 0.250. The molecule has 0 fully saturated rings. The second-order valence-corrected chi connectivity index (χ2v) is 3.21. The molecule has 0 radical (unpaired) electrons. The van der Waals surface area contributed by atoms with Crippen LogP contribution in [-0.2, 0) is 0 Å². The summed E-state index contributed by atoms with van der Waals surface area (Å²) in [5.41, 5.74) is 4.78. The van der Waals surface area contributed by atoms with Crippen molar-refractivity contribution in [2.75, 3.05) is 6.61 Å². The van der Waals surface area contributed by atoms with Crippen molar-refractivity contribution < 1.29 is 39.3 Å². The van der Waals surface area contributed by atoms with Crippen molar-refractivity contribution in [2.24, 2.45) is 0 Å². The third-order valence-corrected chi connectivity index (χ3v) is 1.23. The summed E-state index contributed by atoms with van der Waals surface area (Å²) in [7, 11) is -4.94. The van der Waals surface area contributed by atoms with Gasteiger partial charge in [-0.1, -0.05) is 0 Å². The molecule has 6 nitrogen and oxygen atoms in total. The predicted octanol–water partition coefficient (Wildman–Crippen LogP) is -3.80. The summed E-state index contributed by atoms with van der Waals surface area (Å²) < 4.78 is 39.2. The number of hydrogen-bond acceptors (Lipinski definition) is 5. The molecule has 0 unspecified atom stereocenters. The van der Waals surface area contributed by atoms with E-state index in [4.69, 9.17) is 23.4 Å². The minimum atomic E-state index is -4.94. The predicted molar refractivity (Wildman–Crippen MR) is 40.2 cm³/mol. The van der Waals surface area contributed by atoms with Crippen LogP contribution in [0.15, 0.2) is 24.3 Å². The van der Waals surface area contributed by atoms with Crippen molar-refractivity contribution in [1.82, 2.24) is 0 Å². The largest absolute Gasteiger partial charge is 0.494 e. The monoisotopic (exact) mass is 237 g/mol. The zero-order chi connectivity index (χ0) is 11.9. The van der Waals surface area contributed by atoms with Gasteiger partial charge in [0.05, 0.1) is 6.61 Å². The molecule has 1 aromatic carbocycles. The minimum absolute atomic E-state index is 0.719. The summed E-state index contributed by atoms with van der Waals surface area (Å²) in [5.74, 6) is 0.912. The molecule has 0 heterocycles. The first-order chi connectivity index (χ1) is 6.83. The fourth-order valence-corrected chi connectivity index (χ4v) is 0.752. The van der Waals surface area contributed by atoms with Gasteiger partial charge in [-0.25, -0.2) is 18.6 Å². The first-order valence-corrected chi connectivity index (χ1v) is 5.23. The molecule has 3 N–H and O–H groups in total. The van der Waals surface area contributed by atoms with Gasteiger partial charge in [-0.05, 0) is 19.1 Å². The van der Waals surface area contributed by atoms with E-state index in [0.29, 0.717) is 0 Å². The number of quaternary nitrogens is 1. The summed E-state index contributed by atoms with van der Waals surface area (Å²) >= 11 is 0. The van der Waals surface area contributed by atoms with E-state index >= 15 is 0 Å². The quantitative estimate of drug-likeness (QED) is 0.564. The lowest BCUT2D eigenvalue weighted by atomic mass is 10.3. The Morgan fingerprint density at radius 3 is 1.87 bits per heavy atom. The third-order valence-electron chi connectivity index (χ3n) is 1.23. The highest BCUT2D eigenvalue weighted by molar-refractivity contribution is 5.34. The maximum Gasteiger partial charge on any atom is 0.128 e. The van der Waals surface area contributed by atoms with E-state index in [0.717, 1.165) is 18.0 Å². The summed E-state index contributed by atoms with van der Waals surface area (Å²) in [6.45, 7) is 2.69. The Morgan fingerprint density at radius 2 is 1.53 bits per heavy atom. The van der Waals surface area contributed by atoms with Crippen LogP contribution in [0, 0.1) is 10.2 Å². The Labute approximate surface area is 89.3 Å². The molecule has 0 aliphatic heterocycles. The summed E-state index contributed by atoms with van der Waals surface area (Å²) in [6, 6.07) is 7.72. The highest BCUT2D eigenvalue weighted by atomic mass is 35.7. The summed E-state index contributed by atoms with van der Waals surface area (Å²) in [4.78, 5) is 0. The molecular weight excluding hydrogens is 226 g/mol. The van der Waals surface area contributed by atoms with Crippen LogP contribution in [0.3, 0.4) is 0 Å². The molecule has 0 saturated heterocycles. The van der Waals surface area contributed by atoms with Gasteiger partial charge in [0.2, 0.25) is 0 Å². The van der Waals surface area contributed by atoms with Crippen LogP contribution in [0.5, 0.6) is 5.75 Å². The van der Waals surface area contributed by atoms with E-state index in [9.17, 15) is 0 Å². The standard InChI is InChI=1S/C8H11NO.ClHO4/c1-2-10-8-5-3-7(9)4-6-8;2-1(3,4)5/h3-6H,2,9H2,1H3;(H,2,3,4,5). The van der Waals surface area contributed by atoms with Gasteiger partial charge in [0, 0.05) is 12.1 Å². The zero-order valence-corrected chi connectivity index (χ0v) is 8.90. The average Bonchev–Trinajstić information content (AvgIpc) is 2.06. The highest BCUT2D eigenvalue weighted by Gasteiger charge is 1.90. The van der Waals surface area contributed by atoms with Gasteiger partial charge in [-0.2, -0.15) is 0 Å². The van der Waals surface area contributed by atoms with Crippen LogP contribution >= 0.6 is 0 Å². The van der Waals surface area contributed by atoms with Crippen molar-refractivity contribution in [3.63, 3.8) is 0 Å². The molecule has 1 aromatic rings. The van der Waals surface area contributed by atoms with Crippen LogP contribution in [0.25, 0.3) is 0 Å². The average molecular weight is 238 g/mol. The number of ether oxygens (including phenoxy) is 1. The fourth-order valence-electron chi connectivity index (χ4n) is 0.752. The van der Waals surface area contributed by atoms with Crippen LogP contribution < -0.4 is 29.1 Å². The first-order valence-electron chi connectivity index (χ1n) is 3.99. The van der Waals surface area contributed by atoms with E-state index in [1.807, 2.05) is 31.2 Å². The van der Waals surface area contributed by atoms with Crippen molar-refractivity contribution >= 4 is 5.69 Å². The van der Waals surface area contributed by atoms with Crippen LogP contribution in [0.4, 0.5) is 5.69 Å². The summed E-state index contributed by atoms with van der Waals surface area (Å²) in [5, 5.41) is 0. The molecule has 0 spiro atoms. The van der Waals surface area contributed by atoms with Crippen LogP contribution in [-0.4, -0.2) is 6.61 Å². The van der Waals surface area contributed by atoms with Crippen molar-refractivity contribution in [3.05, 3.63) is 24.3 Å². The van der Waals surface area contributed by atoms with Gasteiger partial charge in [0.25, 0.3) is 0 Å². The maximum atomic E-state index is 8.49. The Hall–Kier alpha value is -0.890. The van der Waals surface area contributed by atoms with Crippen LogP contribution in [0.2, 0.25) is 0 Å². The number of halogens is 1. The Kier molecular flexibility index (Phi) is 6.18. The summed E-state index contributed by atoms with van der Waals surface area (Å²) in [6.07, 6.45) is 0. The molecule has 0 aromatic heterocycles. The number of benzene rings is 1. The molecule has 0 bridgehead atoms. The lowest BCUT2D eigenvalue weighted by molar-refractivity contribution is -2.00. The number of rotatable bonds is 2. The Morgan fingerprint density at radius 1 is 1.13 bits per heavy atom. The van der Waals surface area contributed by atoms with Crippen LogP contribution in [0.1, 0.15) is 6.92 Å². The molecule has 1 rings (SSSR count). The first kappa shape index (κ1) is 14.1. The van der Waals surface area contributed by atoms with Gasteiger partial charge in [-0.3, -0.25) is 0 Å². The topological polar surface area (TPSA) is 129 Å². The van der Waals surface area contributed by atoms with Gasteiger partial charge < -0.3 is 10.5 Å². The van der Waals surface area contributed by atoms with E-state index in [1.54, 1.807) is 0 Å². The molecular formula is C8H12ClNO5. The van der Waals surface area contributed by atoms with Crippen molar-refractivity contribution in [1.29, 1.82) is 0 Å². The molecule has 0 aliphatic carbocycles. The molecule has 86 valence electrons. The van der Waals surface area contributed by atoms with Gasteiger partial charge in [0.1, 0.15) is 11.4 Å². The molecule has 0 saturated carbocycles. The van der Waals surface area contributed by atoms with E-state index < -0.39 is 10.2 Å². The smallest absolute Gasteiger partial charge is 0.128 e. The third kappa shape index (κ3) is 11.0. The SMILES string of the molecule is CCOc1ccc([NH3+])cc1.[O-][Cl+3]([O-])([O-])[O-]. The lowest BCUT2D eigenvalue weighted by Crippen LogP contribution is -2.68. The van der Waals surface area contributed by atoms with E-state index in [-0.39, 0.29) is 0 Å². The zero-order valence-electron chi connectivity index (χ0n) is 8.14. The Bertz CT molecular complexity index is 265. The Balaban J connectivity index is 0.000000336. The molecule has 0 amide bonds. The highest BCUT2D eigenvalue weighted by Crippen LogP contribution is 2.11.